The van der Waals surface area contributed by atoms with Crippen molar-refractivity contribution in [3.63, 3.8) is 0 Å². The summed E-state index contributed by atoms with van der Waals surface area (Å²) in [5.74, 6) is 1.10. The Labute approximate surface area is 211 Å². The van der Waals surface area contributed by atoms with Crippen molar-refractivity contribution in [2.75, 3.05) is 18.4 Å². The number of amides is 1. The lowest BCUT2D eigenvalue weighted by Gasteiger charge is -2.32. The van der Waals surface area contributed by atoms with Gasteiger partial charge in [0.2, 0.25) is 0 Å². The van der Waals surface area contributed by atoms with E-state index in [9.17, 15) is 9.90 Å². The Balaban J connectivity index is 1.21. The van der Waals surface area contributed by atoms with Gasteiger partial charge in [0.15, 0.2) is 0 Å². The second-order valence-electron chi connectivity index (χ2n) is 9.78. The lowest BCUT2D eigenvalue weighted by molar-refractivity contribution is 0.0713. The number of nitrogens with one attached hydrogen (secondary N) is 2. The highest BCUT2D eigenvalue weighted by atomic mass is 16.3. The molecule has 0 bridgehead atoms. The molecular formula is C29H31N5O2. The minimum atomic E-state index is -0.706. The van der Waals surface area contributed by atoms with Crippen LogP contribution in [0.2, 0.25) is 0 Å². The number of carbonyl (C=O) groups is 1. The van der Waals surface area contributed by atoms with E-state index in [1.165, 1.54) is 5.56 Å². The van der Waals surface area contributed by atoms with Crippen LogP contribution in [-0.4, -0.2) is 40.0 Å². The molecule has 2 aromatic carbocycles. The normalized spacial score (nSPS) is 16.9. The molecule has 3 aromatic rings. The SMILES string of the molecule is Cc1ccc(C(=O)N2CCC(c3ccc(C#N)cc3)CC2)cc1Nc1ccc(C(O)NC2CC2)cn1. The highest BCUT2D eigenvalue weighted by molar-refractivity contribution is 5.95. The number of hydrogen-bond acceptors (Lipinski definition) is 6. The fourth-order valence-corrected chi connectivity index (χ4v) is 4.67. The van der Waals surface area contributed by atoms with Gasteiger partial charge in [0.25, 0.3) is 5.91 Å². The molecule has 1 saturated carbocycles. The highest BCUT2D eigenvalue weighted by Crippen LogP contribution is 2.30. The summed E-state index contributed by atoms with van der Waals surface area (Å²) >= 11 is 0. The largest absolute Gasteiger partial charge is 0.374 e. The van der Waals surface area contributed by atoms with Gasteiger partial charge in [-0.25, -0.2) is 4.98 Å². The first-order chi connectivity index (χ1) is 17.5. The van der Waals surface area contributed by atoms with Crippen LogP contribution in [0.4, 0.5) is 11.5 Å². The van der Waals surface area contributed by atoms with E-state index in [4.69, 9.17) is 5.26 Å². The molecule has 1 atom stereocenters. The van der Waals surface area contributed by atoms with Crippen LogP contribution >= 0.6 is 0 Å². The van der Waals surface area contributed by atoms with Gasteiger partial charge in [0.05, 0.1) is 11.6 Å². The fraction of sp³-hybridized carbons (Fsp3) is 0.345. The van der Waals surface area contributed by atoms with E-state index in [1.54, 1.807) is 6.20 Å². The van der Waals surface area contributed by atoms with Crippen LogP contribution < -0.4 is 10.6 Å². The number of nitriles is 1. The van der Waals surface area contributed by atoms with Gasteiger partial charge in [-0.05, 0) is 86.1 Å². The predicted octanol–water partition coefficient (Wildman–Crippen LogP) is 4.77. The maximum atomic E-state index is 13.3. The number of aromatic nitrogens is 1. The van der Waals surface area contributed by atoms with E-state index in [1.807, 2.05) is 66.4 Å². The average molecular weight is 482 g/mol. The van der Waals surface area contributed by atoms with Crippen LogP contribution in [-0.2, 0) is 0 Å². The van der Waals surface area contributed by atoms with Gasteiger partial charge in [-0.1, -0.05) is 18.2 Å². The van der Waals surface area contributed by atoms with Crippen molar-refractivity contribution in [1.82, 2.24) is 15.2 Å². The lowest BCUT2D eigenvalue weighted by atomic mass is 9.89. The summed E-state index contributed by atoms with van der Waals surface area (Å²) in [4.78, 5) is 19.6. The Morgan fingerprint density at radius 1 is 1.08 bits per heavy atom. The zero-order valence-electron chi connectivity index (χ0n) is 20.4. The molecule has 184 valence electrons. The standard InChI is InChI=1S/C29H31N5O2/c1-19-2-5-23(16-26(19)33-27-11-8-24(18-31-27)28(35)32-25-9-10-25)29(36)34-14-12-22(13-15-34)21-6-3-20(17-30)4-7-21/h2-8,11,16,18,22,25,28,32,35H,9-10,12-15H2,1H3,(H,31,33). The first-order valence-corrected chi connectivity index (χ1v) is 12.6. The topological polar surface area (TPSA) is 101 Å². The monoisotopic (exact) mass is 481 g/mol. The van der Waals surface area contributed by atoms with Crippen LogP contribution in [0, 0.1) is 18.3 Å². The Kier molecular flexibility index (Phi) is 6.99. The van der Waals surface area contributed by atoms with Crippen LogP contribution in [0.3, 0.4) is 0 Å². The van der Waals surface area contributed by atoms with Gasteiger partial charge in [-0.3, -0.25) is 10.1 Å². The fourth-order valence-electron chi connectivity index (χ4n) is 4.67. The summed E-state index contributed by atoms with van der Waals surface area (Å²) in [7, 11) is 0. The van der Waals surface area contributed by atoms with Crippen molar-refractivity contribution in [2.45, 2.75) is 50.8 Å². The molecule has 3 N–H and O–H groups in total. The second kappa shape index (κ2) is 10.5. The number of nitrogens with zero attached hydrogens (tertiary/aromatic N) is 3. The van der Waals surface area contributed by atoms with E-state index in [0.29, 0.717) is 42.0 Å². The second-order valence-corrected chi connectivity index (χ2v) is 9.78. The number of aryl methyl sites for hydroxylation is 1. The summed E-state index contributed by atoms with van der Waals surface area (Å²) in [5, 5.41) is 25.7. The minimum absolute atomic E-state index is 0.0360. The van der Waals surface area contributed by atoms with Crippen molar-refractivity contribution >= 4 is 17.4 Å². The lowest BCUT2D eigenvalue weighted by Crippen LogP contribution is -2.37. The van der Waals surface area contributed by atoms with E-state index in [2.05, 4.69) is 21.7 Å². The average Bonchev–Trinajstić information content (AvgIpc) is 3.74. The number of aliphatic hydroxyl groups excluding tert-OH is 1. The van der Waals surface area contributed by atoms with E-state index in [-0.39, 0.29) is 5.91 Å². The van der Waals surface area contributed by atoms with Crippen molar-refractivity contribution in [3.8, 4) is 6.07 Å². The Hall–Kier alpha value is -3.73. The van der Waals surface area contributed by atoms with Crippen LogP contribution in [0.25, 0.3) is 0 Å². The first kappa shape index (κ1) is 24.0. The Morgan fingerprint density at radius 2 is 1.83 bits per heavy atom. The molecule has 5 rings (SSSR count). The molecule has 7 nitrogen and oxygen atoms in total. The third kappa shape index (κ3) is 5.56. The molecule has 2 aliphatic rings. The highest BCUT2D eigenvalue weighted by Gasteiger charge is 2.26. The molecule has 1 aliphatic carbocycles. The Bertz CT molecular complexity index is 1250. The molecule has 0 spiro atoms. The van der Waals surface area contributed by atoms with Gasteiger partial charge < -0.3 is 15.3 Å². The third-order valence-electron chi connectivity index (χ3n) is 7.11. The van der Waals surface area contributed by atoms with Gasteiger partial charge in [0.1, 0.15) is 12.0 Å². The van der Waals surface area contributed by atoms with Crippen molar-refractivity contribution in [2.24, 2.45) is 0 Å². The van der Waals surface area contributed by atoms with Gasteiger partial charge in [0, 0.05) is 42.1 Å². The van der Waals surface area contributed by atoms with Crippen LogP contribution in [0.15, 0.2) is 60.8 Å². The van der Waals surface area contributed by atoms with E-state index >= 15 is 0 Å². The molecule has 2 fully saturated rings. The summed E-state index contributed by atoms with van der Waals surface area (Å²) in [6.07, 6.45) is 4.99. The number of pyridine rings is 1. The Morgan fingerprint density at radius 3 is 2.47 bits per heavy atom. The molecular weight excluding hydrogens is 450 g/mol. The zero-order chi connectivity index (χ0) is 25.1. The van der Waals surface area contributed by atoms with Gasteiger partial charge >= 0.3 is 0 Å². The molecule has 1 saturated heterocycles. The minimum Gasteiger partial charge on any atom is -0.374 e. The summed E-state index contributed by atoms with van der Waals surface area (Å²) in [6, 6.07) is 19.8. The zero-order valence-corrected chi connectivity index (χ0v) is 20.4. The van der Waals surface area contributed by atoms with Crippen LogP contribution in [0.5, 0.6) is 0 Å². The third-order valence-corrected chi connectivity index (χ3v) is 7.11. The number of piperidine rings is 1. The smallest absolute Gasteiger partial charge is 0.253 e. The van der Waals surface area contributed by atoms with Gasteiger partial charge in [-0.2, -0.15) is 5.26 Å². The van der Waals surface area contributed by atoms with E-state index < -0.39 is 6.23 Å². The number of carbonyl (C=O) groups excluding carboxylic acids is 1. The number of aliphatic hydroxyl groups is 1. The number of rotatable bonds is 7. The molecule has 1 unspecified atom stereocenters. The molecule has 36 heavy (non-hydrogen) atoms. The first-order valence-electron chi connectivity index (χ1n) is 12.6. The molecule has 2 heterocycles. The molecule has 1 aliphatic heterocycles. The number of benzene rings is 2. The van der Waals surface area contributed by atoms with Gasteiger partial charge in [-0.15, -0.1) is 0 Å². The molecule has 0 radical (unpaired) electrons. The quantitative estimate of drug-likeness (QED) is 0.420. The molecule has 7 heteroatoms. The summed E-state index contributed by atoms with van der Waals surface area (Å²) in [6.45, 7) is 3.41. The van der Waals surface area contributed by atoms with Crippen LogP contribution in [0.1, 0.15) is 70.4 Å². The van der Waals surface area contributed by atoms with Crippen molar-refractivity contribution in [3.05, 3.63) is 88.6 Å². The van der Waals surface area contributed by atoms with Crippen molar-refractivity contribution in [1.29, 1.82) is 5.26 Å². The molecule has 1 aromatic heterocycles. The maximum absolute atomic E-state index is 13.3. The molecule has 1 amide bonds. The summed E-state index contributed by atoms with van der Waals surface area (Å²) in [5.41, 5.74) is 5.15. The number of likely N-dealkylation sites (tertiary alicyclic amines) is 1. The maximum Gasteiger partial charge on any atom is 0.253 e. The van der Waals surface area contributed by atoms with E-state index in [0.717, 1.165) is 42.5 Å². The van der Waals surface area contributed by atoms with Crippen molar-refractivity contribution < 1.29 is 9.90 Å². The summed E-state index contributed by atoms with van der Waals surface area (Å²) < 4.78 is 0. The number of hydrogen-bond donors (Lipinski definition) is 3. The number of anilines is 2. The predicted molar refractivity (Wildman–Crippen MR) is 139 cm³/mol.